The standard InChI is InChI=1S/C10H20ClNO/c1-8(2)10(3,4)5-6-12-9(13)7-11/h8H,5-7H2,1-4H3,(H,12,13). The molecule has 1 amide bonds. The van der Waals surface area contributed by atoms with Gasteiger partial charge in [0, 0.05) is 6.54 Å². The molecule has 0 rings (SSSR count). The molecular formula is C10H20ClNO. The third kappa shape index (κ3) is 5.14. The maximum absolute atomic E-state index is 10.8. The van der Waals surface area contributed by atoms with Gasteiger partial charge in [0.15, 0.2) is 0 Å². The number of rotatable bonds is 5. The number of alkyl halides is 1. The van der Waals surface area contributed by atoms with Gasteiger partial charge >= 0.3 is 0 Å². The predicted octanol–water partition coefficient (Wildman–Crippen LogP) is 2.41. The van der Waals surface area contributed by atoms with Gasteiger partial charge in [-0.05, 0) is 17.8 Å². The van der Waals surface area contributed by atoms with Crippen LogP contribution in [0.4, 0.5) is 0 Å². The van der Waals surface area contributed by atoms with Gasteiger partial charge in [0.25, 0.3) is 0 Å². The van der Waals surface area contributed by atoms with Crippen molar-refractivity contribution in [3.8, 4) is 0 Å². The molecule has 0 radical (unpaired) electrons. The van der Waals surface area contributed by atoms with Gasteiger partial charge in [-0.1, -0.05) is 27.7 Å². The van der Waals surface area contributed by atoms with E-state index in [2.05, 4.69) is 33.0 Å². The largest absolute Gasteiger partial charge is 0.355 e. The van der Waals surface area contributed by atoms with Gasteiger partial charge in [-0.25, -0.2) is 0 Å². The van der Waals surface area contributed by atoms with E-state index < -0.39 is 0 Å². The maximum Gasteiger partial charge on any atom is 0.234 e. The second kappa shape index (κ2) is 5.48. The topological polar surface area (TPSA) is 29.1 Å². The number of amides is 1. The van der Waals surface area contributed by atoms with Crippen molar-refractivity contribution in [2.75, 3.05) is 12.4 Å². The zero-order valence-corrected chi connectivity index (χ0v) is 9.74. The van der Waals surface area contributed by atoms with E-state index in [4.69, 9.17) is 11.6 Å². The van der Waals surface area contributed by atoms with Crippen molar-refractivity contribution in [1.82, 2.24) is 5.32 Å². The van der Waals surface area contributed by atoms with Crippen molar-refractivity contribution in [2.45, 2.75) is 34.1 Å². The Morgan fingerprint density at radius 1 is 1.46 bits per heavy atom. The lowest BCUT2D eigenvalue weighted by Gasteiger charge is -2.29. The van der Waals surface area contributed by atoms with Gasteiger partial charge in [0.05, 0.1) is 0 Å². The van der Waals surface area contributed by atoms with Crippen LogP contribution in [0.2, 0.25) is 0 Å². The first kappa shape index (κ1) is 12.8. The Balaban J connectivity index is 3.70. The van der Waals surface area contributed by atoms with Crippen LogP contribution >= 0.6 is 11.6 Å². The summed E-state index contributed by atoms with van der Waals surface area (Å²) in [4.78, 5) is 10.8. The second-order valence-corrected chi connectivity index (χ2v) is 4.64. The van der Waals surface area contributed by atoms with Crippen LogP contribution in [0.15, 0.2) is 0 Å². The molecule has 0 aromatic carbocycles. The Labute approximate surface area is 86.0 Å². The van der Waals surface area contributed by atoms with E-state index in [9.17, 15) is 4.79 Å². The molecule has 0 saturated carbocycles. The zero-order chi connectivity index (χ0) is 10.5. The van der Waals surface area contributed by atoms with Crippen molar-refractivity contribution in [2.24, 2.45) is 11.3 Å². The van der Waals surface area contributed by atoms with Crippen molar-refractivity contribution >= 4 is 17.5 Å². The molecule has 0 atom stereocenters. The minimum atomic E-state index is -0.0822. The number of carbonyl (C=O) groups is 1. The molecule has 0 aromatic rings. The first-order valence-electron chi connectivity index (χ1n) is 4.73. The monoisotopic (exact) mass is 205 g/mol. The number of halogens is 1. The molecule has 0 fully saturated rings. The van der Waals surface area contributed by atoms with Crippen LogP contribution in [-0.2, 0) is 4.79 Å². The molecule has 0 saturated heterocycles. The molecule has 13 heavy (non-hydrogen) atoms. The highest BCUT2D eigenvalue weighted by molar-refractivity contribution is 6.27. The molecular weight excluding hydrogens is 186 g/mol. The third-order valence-electron chi connectivity index (χ3n) is 2.78. The van der Waals surface area contributed by atoms with E-state index in [1.54, 1.807) is 0 Å². The van der Waals surface area contributed by atoms with Crippen LogP contribution in [0, 0.1) is 11.3 Å². The summed E-state index contributed by atoms with van der Waals surface area (Å²) < 4.78 is 0. The van der Waals surface area contributed by atoms with Gasteiger partial charge in [-0.15, -0.1) is 11.6 Å². The molecule has 0 bridgehead atoms. The van der Waals surface area contributed by atoms with Gasteiger partial charge in [-0.2, -0.15) is 0 Å². The number of nitrogens with one attached hydrogen (secondary N) is 1. The highest BCUT2D eigenvalue weighted by Gasteiger charge is 2.21. The van der Waals surface area contributed by atoms with Crippen molar-refractivity contribution in [1.29, 1.82) is 0 Å². The van der Waals surface area contributed by atoms with Crippen LogP contribution in [0.3, 0.4) is 0 Å². The first-order chi connectivity index (χ1) is 5.90. The third-order valence-corrected chi connectivity index (χ3v) is 3.02. The molecule has 0 unspecified atom stereocenters. The Kier molecular flexibility index (Phi) is 5.38. The summed E-state index contributed by atoms with van der Waals surface area (Å²) in [5.74, 6) is 0.601. The van der Waals surface area contributed by atoms with Crippen LogP contribution in [0.5, 0.6) is 0 Å². The van der Waals surface area contributed by atoms with E-state index in [0.717, 1.165) is 13.0 Å². The quantitative estimate of drug-likeness (QED) is 0.687. The summed E-state index contributed by atoms with van der Waals surface area (Å²) in [7, 11) is 0. The molecule has 0 aliphatic rings. The summed E-state index contributed by atoms with van der Waals surface area (Å²) in [5, 5.41) is 2.77. The molecule has 0 aromatic heterocycles. The fourth-order valence-corrected chi connectivity index (χ4v) is 0.954. The molecule has 0 heterocycles. The molecule has 3 heteroatoms. The van der Waals surface area contributed by atoms with Crippen LogP contribution in [-0.4, -0.2) is 18.3 Å². The lowest BCUT2D eigenvalue weighted by Crippen LogP contribution is -2.30. The zero-order valence-electron chi connectivity index (χ0n) is 8.98. The average molecular weight is 206 g/mol. The fraction of sp³-hybridized carbons (Fsp3) is 0.900. The van der Waals surface area contributed by atoms with E-state index in [1.165, 1.54) is 0 Å². The summed E-state index contributed by atoms with van der Waals surface area (Å²) >= 11 is 5.35. The van der Waals surface area contributed by atoms with Crippen molar-refractivity contribution < 1.29 is 4.79 Å². The number of hydrogen-bond acceptors (Lipinski definition) is 1. The highest BCUT2D eigenvalue weighted by atomic mass is 35.5. The summed E-state index contributed by atoms with van der Waals surface area (Å²) in [5.41, 5.74) is 0.277. The lowest BCUT2D eigenvalue weighted by atomic mass is 9.78. The van der Waals surface area contributed by atoms with E-state index >= 15 is 0 Å². The Bertz CT molecular complexity index is 166. The normalized spacial score (nSPS) is 11.8. The van der Waals surface area contributed by atoms with Crippen LogP contribution in [0.25, 0.3) is 0 Å². The first-order valence-corrected chi connectivity index (χ1v) is 5.26. The van der Waals surface area contributed by atoms with Gasteiger partial charge in [0.1, 0.15) is 5.88 Å². The molecule has 0 aliphatic carbocycles. The van der Waals surface area contributed by atoms with Gasteiger partial charge < -0.3 is 5.32 Å². The number of hydrogen-bond donors (Lipinski definition) is 1. The highest BCUT2D eigenvalue weighted by Crippen LogP contribution is 2.29. The van der Waals surface area contributed by atoms with E-state index in [0.29, 0.717) is 5.92 Å². The Morgan fingerprint density at radius 3 is 2.38 bits per heavy atom. The lowest BCUT2D eigenvalue weighted by molar-refractivity contribution is -0.118. The molecule has 2 nitrogen and oxygen atoms in total. The summed E-state index contributed by atoms with van der Waals surface area (Å²) in [6.07, 6.45) is 0.993. The predicted molar refractivity (Wildman–Crippen MR) is 57.0 cm³/mol. The van der Waals surface area contributed by atoms with Crippen molar-refractivity contribution in [3.05, 3.63) is 0 Å². The molecule has 78 valence electrons. The summed E-state index contributed by atoms with van der Waals surface area (Å²) in [6.45, 7) is 9.54. The van der Waals surface area contributed by atoms with Crippen molar-refractivity contribution in [3.63, 3.8) is 0 Å². The van der Waals surface area contributed by atoms with E-state index in [-0.39, 0.29) is 17.2 Å². The average Bonchev–Trinajstić information content (AvgIpc) is 2.03. The molecule has 1 N–H and O–H groups in total. The van der Waals surface area contributed by atoms with Crippen LogP contribution < -0.4 is 5.32 Å². The number of carbonyl (C=O) groups excluding carboxylic acids is 1. The van der Waals surface area contributed by atoms with Gasteiger partial charge in [-0.3, -0.25) is 4.79 Å². The SMILES string of the molecule is CC(C)C(C)(C)CCNC(=O)CCl. The van der Waals surface area contributed by atoms with Crippen LogP contribution in [0.1, 0.15) is 34.1 Å². The van der Waals surface area contributed by atoms with Gasteiger partial charge in [0.2, 0.25) is 5.91 Å². The Hall–Kier alpha value is -0.240. The maximum atomic E-state index is 10.8. The van der Waals surface area contributed by atoms with E-state index in [1.807, 2.05) is 0 Å². The molecule has 0 spiro atoms. The summed E-state index contributed by atoms with van der Waals surface area (Å²) in [6, 6.07) is 0. The second-order valence-electron chi connectivity index (χ2n) is 4.38. The smallest absolute Gasteiger partial charge is 0.234 e. The minimum Gasteiger partial charge on any atom is -0.355 e. The molecule has 0 aliphatic heterocycles. The fourth-order valence-electron chi connectivity index (χ4n) is 0.860. The Morgan fingerprint density at radius 2 is 2.00 bits per heavy atom. The minimum absolute atomic E-state index is 0.0576.